The molecule has 1 saturated heterocycles. The first-order chi connectivity index (χ1) is 18.8. The van der Waals surface area contributed by atoms with Gasteiger partial charge in [0.1, 0.15) is 11.5 Å². The number of para-hydroxylation sites is 1. The van der Waals surface area contributed by atoms with Crippen LogP contribution in [0.25, 0.3) is 11.0 Å². The zero-order valence-corrected chi connectivity index (χ0v) is 21.8. The predicted molar refractivity (Wildman–Crippen MR) is 148 cm³/mol. The highest BCUT2D eigenvalue weighted by atomic mass is 16.5. The summed E-state index contributed by atoms with van der Waals surface area (Å²) < 4.78 is 23.5. The molecule has 1 fully saturated rings. The van der Waals surface area contributed by atoms with Gasteiger partial charge in [0, 0.05) is 36.8 Å². The third-order valence-corrected chi connectivity index (χ3v) is 6.88. The number of piperidine rings is 1. The van der Waals surface area contributed by atoms with Crippen LogP contribution in [-0.4, -0.2) is 49.5 Å². The molecule has 1 aliphatic heterocycles. The molecular formula is C31H35N3O4. The smallest absolute Gasteiger partial charge is 0.124 e. The topological polar surface area (TPSA) is 74.7 Å². The van der Waals surface area contributed by atoms with Crippen molar-refractivity contribution in [1.29, 1.82) is 0 Å². The standard InChI is InChI=1S/C31H35N3O4/c1-35-30-6-3-2-5-25(30)22-36-17-4-18-37-26-10-8-24(9-11-26)27-13-14-32-20-31(27)38-21-23-7-12-28-29(19-23)34-16-15-33-28/h2-3,5-12,15-16,19,27,31-32H,4,13-14,17-18,20-22H2,1H3. The van der Waals surface area contributed by atoms with Crippen molar-refractivity contribution in [3.8, 4) is 11.5 Å². The van der Waals surface area contributed by atoms with Crippen LogP contribution >= 0.6 is 0 Å². The fourth-order valence-corrected chi connectivity index (χ4v) is 4.85. The summed E-state index contributed by atoms with van der Waals surface area (Å²) in [5, 5.41) is 3.48. The fraction of sp³-hybridized carbons (Fsp3) is 0.355. The number of benzene rings is 3. The summed E-state index contributed by atoms with van der Waals surface area (Å²) in [7, 11) is 1.68. The Labute approximate surface area is 224 Å². The van der Waals surface area contributed by atoms with Gasteiger partial charge < -0.3 is 24.3 Å². The number of hydrogen-bond acceptors (Lipinski definition) is 7. The number of nitrogens with one attached hydrogen (secondary N) is 1. The van der Waals surface area contributed by atoms with Gasteiger partial charge in [-0.05, 0) is 54.4 Å². The number of ether oxygens (including phenoxy) is 4. The highest BCUT2D eigenvalue weighted by molar-refractivity contribution is 5.74. The molecule has 0 spiro atoms. The van der Waals surface area contributed by atoms with E-state index in [9.17, 15) is 0 Å². The number of methoxy groups -OCH3 is 1. The predicted octanol–water partition coefficient (Wildman–Crippen LogP) is 5.29. The minimum Gasteiger partial charge on any atom is -0.496 e. The summed E-state index contributed by atoms with van der Waals surface area (Å²) >= 11 is 0. The Kier molecular flexibility index (Phi) is 9.15. The van der Waals surface area contributed by atoms with Gasteiger partial charge in [0.15, 0.2) is 0 Å². The van der Waals surface area contributed by atoms with E-state index < -0.39 is 0 Å². The highest BCUT2D eigenvalue weighted by Gasteiger charge is 2.27. The summed E-state index contributed by atoms with van der Waals surface area (Å²) in [6.45, 7) is 4.16. The lowest BCUT2D eigenvalue weighted by Gasteiger charge is -2.32. The van der Waals surface area contributed by atoms with Gasteiger partial charge in [-0.2, -0.15) is 0 Å². The first-order valence-corrected chi connectivity index (χ1v) is 13.2. The molecule has 4 aromatic rings. The van der Waals surface area contributed by atoms with Crippen LogP contribution in [-0.2, 0) is 22.7 Å². The molecule has 198 valence electrons. The Morgan fingerprint density at radius 1 is 0.895 bits per heavy atom. The van der Waals surface area contributed by atoms with Crippen LogP contribution in [0.15, 0.2) is 79.1 Å². The van der Waals surface area contributed by atoms with E-state index in [1.54, 1.807) is 19.5 Å². The average molecular weight is 514 g/mol. The number of aromatic nitrogens is 2. The zero-order valence-electron chi connectivity index (χ0n) is 21.8. The SMILES string of the molecule is COc1ccccc1COCCCOc1ccc(C2CCNCC2OCc2ccc3nccnc3c2)cc1. The Balaban J connectivity index is 1.08. The molecule has 3 aromatic carbocycles. The Hall–Kier alpha value is -3.52. The van der Waals surface area contributed by atoms with Crippen LogP contribution < -0.4 is 14.8 Å². The molecular weight excluding hydrogens is 478 g/mol. The Morgan fingerprint density at radius 2 is 1.74 bits per heavy atom. The van der Waals surface area contributed by atoms with Crippen LogP contribution in [0.2, 0.25) is 0 Å². The van der Waals surface area contributed by atoms with Crippen molar-refractivity contribution >= 4 is 11.0 Å². The molecule has 2 unspecified atom stereocenters. The van der Waals surface area contributed by atoms with Crippen molar-refractivity contribution in [3.63, 3.8) is 0 Å². The second kappa shape index (κ2) is 13.3. The molecule has 0 aliphatic carbocycles. The molecule has 7 heteroatoms. The van der Waals surface area contributed by atoms with Gasteiger partial charge in [-0.3, -0.25) is 9.97 Å². The van der Waals surface area contributed by atoms with Crippen LogP contribution in [0.1, 0.15) is 35.4 Å². The lowest BCUT2D eigenvalue weighted by Crippen LogP contribution is -2.40. The quantitative estimate of drug-likeness (QED) is 0.258. The number of hydrogen-bond donors (Lipinski definition) is 1. The van der Waals surface area contributed by atoms with E-state index >= 15 is 0 Å². The molecule has 7 nitrogen and oxygen atoms in total. The van der Waals surface area contributed by atoms with Crippen molar-refractivity contribution in [2.75, 3.05) is 33.4 Å². The largest absolute Gasteiger partial charge is 0.496 e. The lowest BCUT2D eigenvalue weighted by atomic mass is 9.87. The maximum Gasteiger partial charge on any atom is 0.124 e. The molecule has 0 bridgehead atoms. The van der Waals surface area contributed by atoms with E-state index in [1.807, 2.05) is 30.3 Å². The number of rotatable bonds is 12. The minimum absolute atomic E-state index is 0.105. The van der Waals surface area contributed by atoms with E-state index in [1.165, 1.54) is 5.56 Å². The summed E-state index contributed by atoms with van der Waals surface area (Å²) in [6.07, 6.45) is 5.40. The Bertz CT molecular complexity index is 1300. The number of fused-ring (bicyclic) bond motifs is 1. The maximum absolute atomic E-state index is 6.40. The van der Waals surface area contributed by atoms with Crippen LogP contribution in [0, 0.1) is 0 Å². The van der Waals surface area contributed by atoms with Gasteiger partial charge in [0.05, 0.1) is 50.7 Å². The zero-order chi connectivity index (χ0) is 26.0. The van der Waals surface area contributed by atoms with Crippen LogP contribution in [0.5, 0.6) is 11.5 Å². The molecule has 2 atom stereocenters. The second-order valence-electron chi connectivity index (χ2n) is 9.46. The van der Waals surface area contributed by atoms with Crippen LogP contribution in [0.4, 0.5) is 0 Å². The highest BCUT2D eigenvalue weighted by Crippen LogP contribution is 2.30. The van der Waals surface area contributed by atoms with Crippen molar-refractivity contribution in [3.05, 3.63) is 95.8 Å². The Morgan fingerprint density at radius 3 is 2.61 bits per heavy atom. The van der Waals surface area contributed by atoms with Crippen molar-refractivity contribution in [1.82, 2.24) is 15.3 Å². The van der Waals surface area contributed by atoms with Crippen LogP contribution in [0.3, 0.4) is 0 Å². The molecule has 1 aromatic heterocycles. The molecule has 0 saturated carbocycles. The van der Waals surface area contributed by atoms with E-state index in [-0.39, 0.29) is 6.10 Å². The van der Waals surface area contributed by atoms with Gasteiger partial charge in [0.2, 0.25) is 0 Å². The molecule has 5 rings (SSSR count). The first kappa shape index (κ1) is 26.1. The summed E-state index contributed by atoms with van der Waals surface area (Å²) in [5.41, 5.74) is 5.24. The second-order valence-corrected chi connectivity index (χ2v) is 9.46. The fourth-order valence-electron chi connectivity index (χ4n) is 4.85. The van der Waals surface area contributed by atoms with E-state index in [4.69, 9.17) is 18.9 Å². The molecule has 1 N–H and O–H groups in total. The molecule has 38 heavy (non-hydrogen) atoms. The van der Waals surface area contributed by atoms with Gasteiger partial charge in [0.25, 0.3) is 0 Å². The normalized spacial score (nSPS) is 17.4. The third-order valence-electron chi connectivity index (χ3n) is 6.88. The van der Waals surface area contributed by atoms with E-state index in [0.29, 0.717) is 32.3 Å². The van der Waals surface area contributed by atoms with Crippen molar-refractivity contribution in [2.24, 2.45) is 0 Å². The van der Waals surface area contributed by atoms with Gasteiger partial charge >= 0.3 is 0 Å². The molecule has 1 aliphatic rings. The van der Waals surface area contributed by atoms with Gasteiger partial charge in [-0.25, -0.2) is 0 Å². The summed E-state index contributed by atoms with van der Waals surface area (Å²) in [4.78, 5) is 8.75. The monoisotopic (exact) mass is 513 g/mol. The molecule has 0 amide bonds. The van der Waals surface area contributed by atoms with Crippen molar-refractivity contribution in [2.45, 2.75) is 38.1 Å². The van der Waals surface area contributed by atoms with Crippen molar-refractivity contribution < 1.29 is 18.9 Å². The third kappa shape index (κ3) is 6.86. The van der Waals surface area contributed by atoms with E-state index in [0.717, 1.165) is 59.6 Å². The molecule has 0 radical (unpaired) electrons. The average Bonchev–Trinajstić information content (AvgIpc) is 2.98. The lowest BCUT2D eigenvalue weighted by molar-refractivity contribution is 0.0106. The van der Waals surface area contributed by atoms with Gasteiger partial charge in [-0.1, -0.05) is 36.4 Å². The number of nitrogens with zero attached hydrogens (tertiary/aromatic N) is 2. The van der Waals surface area contributed by atoms with Gasteiger partial charge in [-0.15, -0.1) is 0 Å². The molecule has 2 heterocycles. The minimum atomic E-state index is 0.105. The maximum atomic E-state index is 6.40. The summed E-state index contributed by atoms with van der Waals surface area (Å²) in [5.74, 6) is 2.07. The summed E-state index contributed by atoms with van der Waals surface area (Å²) in [6, 6.07) is 22.5. The first-order valence-electron chi connectivity index (χ1n) is 13.2. The van der Waals surface area contributed by atoms with E-state index in [2.05, 4.69) is 51.7 Å².